The summed E-state index contributed by atoms with van der Waals surface area (Å²) in [6, 6.07) is 13.5. The second kappa shape index (κ2) is 6.06. The van der Waals surface area contributed by atoms with Crippen LogP contribution in [0.2, 0.25) is 0 Å². The molecule has 0 saturated carbocycles. The number of nitrogens with zero attached hydrogens (tertiary/aromatic N) is 1. The molecule has 5 heteroatoms. The van der Waals surface area contributed by atoms with Gasteiger partial charge in [0.25, 0.3) is 0 Å². The third kappa shape index (κ3) is 3.11. The van der Waals surface area contributed by atoms with E-state index in [1.165, 1.54) is 0 Å². The Balaban J connectivity index is 1.74. The molecule has 0 fully saturated rings. The van der Waals surface area contributed by atoms with E-state index in [9.17, 15) is 0 Å². The number of fused-ring (bicyclic) bond motifs is 1. The normalized spacial score (nSPS) is 12.6. The quantitative estimate of drug-likeness (QED) is 0.922. The van der Waals surface area contributed by atoms with Gasteiger partial charge in [0.1, 0.15) is 13.2 Å². The largest absolute Gasteiger partial charge is 0.486 e. The lowest BCUT2D eigenvalue weighted by molar-refractivity contribution is 0.171. The molecule has 0 aliphatic carbocycles. The lowest BCUT2D eigenvalue weighted by atomic mass is 10.1. The summed E-state index contributed by atoms with van der Waals surface area (Å²) in [5.41, 5.74) is 2.72. The van der Waals surface area contributed by atoms with E-state index >= 15 is 0 Å². The van der Waals surface area contributed by atoms with Crippen LogP contribution in [0.3, 0.4) is 0 Å². The van der Waals surface area contributed by atoms with Gasteiger partial charge in [-0.1, -0.05) is 12.1 Å². The van der Waals surface area contributed by atoms with E-state index in [0.717, 1.165) is 27.2 Å². The van der Waals surface area contributed by atoms with E-state index in [1.54, 1.807) is 0 Å². The van der Waals surface area contributed by atoms with Gasteiger partial charge in [0.05, 0.1) is 17.3 Å². The second-order valence-electron chi connectivity index (χ2n) is 4.64. The van der Waals surface area contributed by atoms with Gasteiger partial charge >= 0.3 is 0 Å². The molecule has 3 rings (SSSR count). The van der Waals surface area contributed by atoms with Crippen LogP contribution in [-0.2, 0) is 6.54 Å². The summed E-state index contributed by atoms with van der Waals surface area (Å²) in [7, 11) is 0. The molecule has 0 amide bonds. The first-order chi connectivity index (χ1) is 10.3. The monoisotopic (exact) mass is 344 g/mol. The third-order valence-corrected chi connectivity index (χ3v) is 3.85. The molecule has 1 N–H and O–H groups in total. The second-order valence-corrected chi connectivity index (χ2v) is 5.49. The molecule has 2 aromatic rings. The van der Waals surface area contributed by atoms with Gasteiger partial charge in [-0.3, -0.25) is 0 Å². The van der Waals surface area contributed by atoms with Crippen LogP contribution >= 0.6 is 15.9 Å². The molecule has 0 unspecified atom stereocenters. The van der Waals surface area contributed by atoms with Crippen molar-refractivity contribution in [2.45, 2.75) is 6.54 Å². The first-order valence-corrected chi connectivity index (χ1v) is 7.37. The molecule has 106 valence electrons. The van der Waals surface area contributed by atoms with Crippen LogP contribution in [-0.4, -0.2) is 13.2 Å². The predicted molar refractivity (Wildman–Crippen MR) is 83.6 cm³/mol. The van der Waals surface area contributed by atoms with Crippen molar-refractivity contribution in [2.24, 2.45) is 0 Å². The van der Waals surface area contributed by atoms with Crippen LogP contribution in [0.15, 0.2) is 40.9 Å². The number of anilines is 1. The Morgan fingerprint density at radius 2 is 1.76 bits per heavy atom. The minimum absolute atomic E-state index is 0.573. The van der Waals surface area contributed by atoms with Crippen molar-refractivity contribution in [3.8, 4) is 17.6 Å². The number of halogens is 1. The zero-order valence-electron chi connectivity index (χ0n) is 11.2. The molecule has 4 nitrogen and oxygen atoms in total. The molecule has 2 aromatic carbocycles. The average molecular weight is 345 g/mol. The fraction of sp³-hybridized carbons (Fsp3) is 0.188. The SMILES string of the molecule is N#Cc1ccc(CNc2cc3c(cc2Br)OCCO3)cc1. The van der Waals surface area contributed by atoms with E-state index in [2.05, 4.69) is 27.3 Å². The Labute approximate surface area is 131 Å². The van der Waals surface area contributed by atoms with Crippen LogP contribution in [0, 0.1) is 11.3 Å². The number of nitriles is 1. The molecule has 21 heavy (non-hydrogen) atoms. The Morgan fingerprint density at radius 3 is 2.43 bits per heavy atom. The van der Waals surface area contributed by atoms with Crippen molar-refractivity contribution in [2.75, 3.05) is 18.5 Å². The zero-order chi connectivity index (χ0) is 14.7. The van der Waals surface area contributed by atoms with Gasteiger partial charge in [-0.05, 0) is 33.6 Å². The summed E-state index contributed by atoms with van der Waals surface area (Å²) in [6.45, 7) is 1.82. The maximum atomic E-state index is 8.79. The van der Waals surface area contributed by atoms with E-state index in [-0.39, 0.29) is 0 Å². The van der Waals surface area contributed by atoms with Gasteiger partial charge in [-0.2, -0.15) is 5.26 Å². The van der Waals surface area contributed by atoms with E-state index < -0.39 is 0 Å². The molecule has 0 spiro atoms. The predicted octanol–water partition coefficient (Wildman–Crippen LogP) is 3.70. The molecular formula is C16H13BrN2O2. The van der Waals surface area contributed by atoms with Crippen molar-refractivity contribution in [3.05, 3.63) is 52.0 Å². The summed E-state index contributed by atoms with van der Waals surface area (Å²) < 4.78 is 12.0. The smallest absolute Gasteiger partial charge is 0.163 e. The number of benzene rings is 2. The summed E-state index contributed by atoms with van der Waals surface area (Å²) in [6.07, 6.45) is 0. The van der Waals surface area contributed by atoms with Gasteiger partial charge in [-0.15, -0.1) is 0 Å². The lowest BCUT2D eigenvalue weighted by Crippen LogP contribution is -2.15. The van der Waals surface area contributed by atoms with Crippen molar-refractivity contribution in [1.29, 1.82) is 5.26 Å². The fourth-order valence-corrected chi connectivity index (χ4v) is 2.56. The fourth-order valence-electron chi connectivity index (χ4n) is 2.09. The molecule has 1 aliphatic rings. The molecular weight excluding hydrogens is 332 g/mol. The van der Waals surface area contributed by atoms with Crippen molar-refractivity contribution < 1.29 is 9.47 Å². The molecule has 0 radical (unpaired) electrons. The number of rotatable bonds is 3. The van der Waals surface area contributed by atoms with E-state index in [4.69, 9.17) is 14.7 Å². The van der Waals surface area contributed by atoms with Gasteiger partial charge in [0.2, 0.25) is 0 Å². The first kappa shape index (κ1) is 13.8. The average Bonchev–Trinajstić information content (AvgIpc) is 2.53. The Morgan fingerprint density at radius 1 is 1.10 bits per heavy atom. The number of hydrogen-bond donors (Lipinski definition) is 1. The van der Waals surface area contributed by atoms with Gasteiger partial charge in [0, 0.05) is 23.2 Å². The van der Waals surface area contributed by atoms with Gasteiger partial charge < -0.3 is 14.8 Å². The van der Waals surface area contributed by atoms with E-state index in [1.807, 2.05) is 36.4 Å². The highest BCUT2D eigenvalue weighted by Crippen LogP contribution is 2.38. The molecule has 1 aliphatic heterocycles. The Kier molecular flexibility index (Phi) is 3.98. The standard InChI is InChI=1S/C16H13BrN2O2/c17-13-7-15-16(21-6-5-20-15)8-14(13)19-10-12-3-1-11(9-18)2-4-12/h1-4,7-8,19H,5-6,10H2. The van der Waals surface area contributed by atoms with Crippen LogP contribution < -0.4 is 14.8 Å². The molecule has 1 heterocycles. The van der Waals surface area contributed by atoms with Crippen LogP contribution in [0.4, 0.5) is 5.69 Å². The zero-order valence-corrected chi connectivity index (χ0v) is 12.8. The molecule has 0 atom stereocenters. The van der Waals surface area contributed by atoms with E-state index in [0.29, 0.717) is 25.3 Å². The highest BCUT2D eigenvalue weighted by atomic mass is 79.9. The highest BCUT2D eigenvalue weighted by Gasteiger charge is 2.14. The topological polar surface area (TPSA) is 54.3 Å². The minimum Gasteiger partial charge on any atom is -0.486 e. The first-order valence-electron chi connectivity index (χ1n) is 6.58. The van der Waals surface area contributed by atoms with Crippen LogP contribution in [0.5, 0.6) is 11.5 Å². The van der Waals surface area contributed by atoms with Gasteiger partial charge in [0.15, 0.2) is 11.5 Å². The van der Waals surface area contributed by atoms with Crippen molar-refractivity contribution in [1.82, 2.24) is 0 Å². The number of hydrogen-bond acceptors (Lipinski definition) is 4. The maximum Gasteiger partial charge on any atom is 0.163 e. The van der Waals surface area contributed by atoms with Crippen LogP contribution in [0.1, 0.15) is 11.1 Å². The van der Waals surface area contributed by atoms with Crippen LogP contribution in [0.25, 0.3) is 0 Å². The Hall–Kier alpha value is -2.19. The lowest BCUT2D eigenvalue weighted by Gasteiger charge is -2.20. The molecule has 0 bridgehead atoms. The number of nitrogens with one attached hydrogen (secondary N) is 1. The minimum atomic E-state index is 0.573. The Bertz CT molecular complexity index is 693. The molecule has 0 saturated heterocycles. The summed E-state index contributed by atoms with van der Waals surface area (Å²) in [4.78, 5) is 0. The highest BCUT2D eigenvalue weighted by molar-refractivity contribution is 9.10. The van der Waals surface area contributed by atoms with Gasteiger partial charge in [-0.25, -0.2) is 0 Å². The summed E-state index contributed by atoms with van der Waals surface area (Å²) in [5, 5.41) is 12.1. The number of ether oxygens (including phenoxy) is 2. The van der Waals surface area contributed by atoms with Crippen molar-refractivity contribution in [3.63, 3.8) is 0 Å². The van der Waals surface area contributed by atoms with Crippen molar-refractivity contribution >= 4 is 21.6 Å². The molecule has 0 aromatic heterocycles. The summed E-state index contributed by atoms with van der Waals surface area (Å²) in [5.74, 6) is 1.52. The third-order valence-electron chi connectivity index (χ3n) is 3.20. The maximum absolute atomic E-state index is 8.79. The summed E-state index contributed by atoms with van der Waals surface area (Å²) >= 11 is 3.53.